The van der Waals surface area contributed by atoms with Gasteiger partial charge in [-0.3, -0.25) is 0 Å². The first-order valence-electron chi connectivity index (χ1n) is 18.7. The highest BCUT2D eigenvalue weighted by atomic mass is 16.3. The predicted octanol–water partition coefficient (Wildman–Crippen LogP) is 15.2. The van der Waals surface area contributed by atoms with Crippen molar-refractivity contribution < 1.29 is 13.3 Å². The van der Waals surface area contributed by atoms with Crippen LogP contribution in [0.2, 0.25) is 0 Å². The third kappa shape index (κ3) is 4.38. The number of fused-ring (bicyclic) bond motifs is 10. The van der Waals surface area contributed by atoms with Gasteiger partial charge in [0.15, 0.2) is 0 Å². The van der Waals surface area contributed by atoms with Crippen molar-refractivity contribution in [2.24, 2.45) is 0 Å². The third-order valence-corrected chi connectivity index (χ3v) is 11.3. The maximum atomic E-state index is 6.89. The molecule has 9 aromatic carbocycles. The van der Waals surface area contributed by atoms with Gasteiger partial charge in [0, 0.05) is 43.8 Å². The van der Waals surface area contributed by atoms with E-state index >= 15 is 0 Å². The first kappa shape index (κ1) is 30.1. The van der Waals surface area contributed by atoms with E-state index in [0.717, 1.165) is 88.4 Å². The van der Waals surface area contributed by atoms with E-state index in [1.54, 1.807) is 0 Å². The lowest BCUT2D eigenvalue weighted by Gasteiger charge is -2.17. The Labute approximate surface area is 315 Å². The highest BCUT2D eigenvalue weighted by Gasteiger charge is 2.24. The molecule has 0 saturated carbocycles. The highest BCUT2D eigenvalue weighted by Crippen LogP contribution is 2.49. The Morgan fingerprint density at radius 1 is 0.273 bits per heavy atom. The fourth-order valence-corrected chi connectivity index (χ4v) is 8.93. The lowest BCUT2D eigenvalue weighted by Crippen LogP contribution is -1.91. The van der Waals surface area contributed by atoms with Crippen LogP contribution in [0.5, 0.6) is 0 Å². The minimum Gasteiger partial charge on any atom is -0.456 e. The number of para-hydroxylation sites is 2. The molecule has 0 aliphatic rings. The summed E-state index contributed by atoms with van der Waals surface area (Å²) in [7, 11) is 0. The molecule has 256 valence electrons. The van der Waals surface area contributed by atoms with Crippen molar-refractivity contribution in [3.05, 3.63) is 182 Å². The van der Waals surface area contributed by atoms with Crippen LogP contribution in [0.4, 0.5) is 0 Å². The summed E-state index contributed by atoms with van der Waals surface area (Å²) < 4.78 is 20.2. The fourth-order valence-electron chi connectivity index (χ4n) is 8.93. The van der Waals surface area contributed by atoms with Crippen molar-refractivity contribution in [3.63, 3.8) is 0 Å². The van der Waals surface area contributed by atoms with E-state index in [1.807, 2.05) is 18.2 Å². The maximum Gasteiger partial charge on any atom is 0.147 e. The molecule has 3 heteroatoms. The summed E-state index contributed by atoms with van der Waals surface area (Å²) in [5, 5.41) is 10.0. The molecule has 12 aromatic rings. The van der Waals surface area contributed by atoms with Gasteiger partial charge >= 0.3 is 0 Å². The standard InChI is InChI=1S/C52H30O3/c1-3-14-31(15-4-1)47-42-28-29-44-49(52(42)55-50(47)32-16-5-2-6-17-32)40-27-26-33(30-45(40)53-44)46-35-19-7-9-21-37(35)48(38-22-10-8-20-36(38)46)41-24-13-23-39-34-18-11-12-25-43(34)54-51(39)41/h1-30H. The zero-order valence-electron chi connectivity index (χ0n) is 29.5. The number of hydrogen-bond donors (Lipinski definition) is 0. The van der Waals surface area contributed by atoms with E-state index in [2.05, 4.69) is 164 Å². The first-order chi connectivity index (χ1) is 27.3. The fraction of sp³-hybridized carbons (Fsp3) is 0. The average molecular weight is 703 g/mol. The molecular weight excluding hydrogens is 673 g/mol. The van der Waals surface area contributed by atoms with Crippen LogP contribution in [0.25, 0.3) is 121 Å². The Balaban J connectivity index is 1.11. The molecule has 3 heterocycles. The van der Waals surface area contributed by atoms with Gasteiger partial charge in [-0.25, -0.2) is 0 Å². The molecule has 12 rings (SSSR count). The van der Waals surface area contributed by atoms with Gasteiger partial charge in [0.1, 0.15) is 33.7 Å². The van der Waals surface area contributed by atoms with Crippen molar-refractivity contribution in [2.75, 3.05) is 0 Å². The lowest BCUT2D eigenvalue weighted by molar-refractivity contribution is 0.634. The van der Waals surface area contributed by atoms with Gasteiger partial charge in [-0.15, -0.1) is 0 Å². The van der Waals surface area contributed by atoms with Crippen LogP contribution in [0.1, 0.15) is 0 Å². The molecule has 0 fully saturated rings. The molecule has 0 bridgehead atoms. The number of furan rings is 3. The summed E-state index contributed by atoms with van der Waals surface area (Å²) in [6.45, 7) is 0. The number of rotatable bonds is 4. The Morgan fingerprint density at radius 2 is 0.873 bits per heavy atom. The Bertz CT molecular complexity index is 3420. The Hall–Kier alpha value is -7.36. The van der Waals surface area contributed by atoms with Gasteiger partial charge in [0.25, 0.3) is 0 Å². The lowest BCUT2D eigenvalue weighted by atomic mass is 9.85. The van der Waals surface area contributed by atoms with E-state index in [4.69, 9.17) is 13.3 Å². The van der Waals surface area contributed by atoms with Crippen LogP contribution in [0.3, 0.4) is 0 Å². The zero-order valence-corrected chi connectivity index (χ0v) is 29.5. The molecule has 0 aliphatic carbocycles. The second-order valence-electron chi connectivity index (χ2n) is 14.3. The van der Waals surface area contributed by atoms with Gasteiger partial charge in [-0.05, 0) is 68.6 Å². The number of benzene rings is 9. The van der Waals surface area contributed by atoms with Crippen molar-refractivity contribution in [1.29, 1.82) is 0 Å². The summed E-state index contributed by atoms with van der Waals surface area (Å²) >= 11 is 0. The molecular formula is C52H30O3. The third-order valence-electron chi connectivity index (χ3n) is 11.3. The van der Waals surface area contributed by atoms with Gasteiger partial charge < -0.3 is 13.3 Å². The van der Waals surface area contributed by atoms with Crippen molar-refractivity contribution in [3.8, 4) is 44.7 Å². The van der Waals surface area contributed by atoms with Crippen LogP contribution < -0.4 is 0 Å². The molecule has 55 heavy (non-hydrogen) atoms. The minimum absolute atomic E-state index is 0.802. The predicted molar refractivity (Wildman–Crippen MR) is 228 cm³/mol. The molecule has 0 atom stereocenters. The zero-order chi connectivity index (χ0) is 36.0. The number of hydrogen-bond acceptors (Lipinski definition) is 3. The quantitative estimate of drug-likeness (QED) is 0.171. The minimum atomic E-state index is 0.802. The van der Waals surface area contributed by atoms with Gasteiger partial charge in [-0.2, -0.15) is 0 Å². The molecule has 0 saturated heterocycles. The summed E-state index contributed by atoms with van der Waals surface area (Å²) in [6, 6.07) is 64.0. The molecule has 0 spiro atoms. The molecule has 0 radical (unpaired) electrons. The first-order valence-corrected chi connectivity index (χ1v) is 18.7. The summed E-state index contributed by atoms with van der Waals surface area (Å²) in [5.74, 6) is 0.858. The van der Waals surface area contributed by atoms with E-state index in [0.29, 0.717) is 0 Å². The molecule has 0 aliphatic heterocycles. The van der Waals surface area contributed by atoms with Crippen molar-refractivity contribution in [1.82, 2.24) is 0 Å². The summed E-state index contributed by atoms with van der Waals surface area (Å²) in [5.41, 5.74) is 12.0. The highest BCUT2D eigenvalue weighted by molar-refractivity contribution is 6.25. The molecule has 0 N–H and O–H groups in total. The van der Waals surface area contributed by atoms with E-state index in [1.165, 1.54) is 32.7 Å². The summed E-state index contributed by atoms with van der Waals surface area (Å²) in [6.07, 6.45) is 0. The molecule has 3 aromatic heterocycles. The molecule has 3 nitrogen and oxygen atoms in total. The normalized spacial score (nSPS) is 12.0. The van der Waals surface area contributed by atoms with Crippen molar-refractivity contribution >= 4 is 76.4 Å². The topological polar surface area (TPSA) is 39.4 Å². The molecule has 0 unspecified atom stereocenters. The van der Waals surface area contributed by atoms with Crippen molar-refractivity contribution in [2.45, 2.75) is 0 Å². The van der Waals surface area contributed by atoms with Crippen LogP contribution >= 0.6 is 0 Å². The largest absolute Gasteiger partial charge is 0.456 e. The monoisotopic (exact) mass is 702 g/mol. The van der Waals surface area contributed by atoms with E-state index in [9.17, 15) is 0 Å². The SMILES string of the molecule is c1ccc(-c2oc3c(ccc4oc5cc(-c6c7ccccc7c(-c7cccc8c7oc7ccccc78)c7ccccc67)ccc5c43)c2-c2ccccc2)cc1. The van der Waals surface area contributed by atoms with Gasteiger partial charge in [0.2, 0.25) is 0 Å². The second-order valence-corrected chi connectivity index (χ2v) is 14.3. The smallest absolute Gasteiger partial charge is 0.147 e. The van der Waals surface area contributed by atoms with E-state index < -0.39 is 0 Å². The van der Waals surface area contributed by atoms with Crippen LogP contribution in [-0.2, 0) is 0 Å². The van der Waals surface area contributed by atoms with Crippen LogP contribution in [-0.4, -0.2) is 0 Å². The maximum absolute atomic E-state index is 6.89. The van der Waals surface area contributed by atoms with Gasteiger partial charge in [0.05, 0.1) is 5.39 Å². The Kier molecular flexibility index (Phi) is 6.34. The van der Waals surface area contributed by atoms with E-state index in [-0.39, 0.29) is 0 Å². The molecule has 0 amide bonds. The summed E-state index contributed by atoms with van der Waals surface area (Å²) in [4.78, 5) is 0. The second kappa shape index (κ2) is 11.6. The average Bonchev–Trinajstić information content (AvgIpc) is 3.95. The van der Waals surface area contributed by atoms with Gasteiger partial charge in [-0.1, -0.05) is 152 Å². The Morgan fingerprint density at radius 3 is 1.60 bits per heavy atom. The van der Waals surface area contributed by atoms with Crippen LogP contribution in [0.15, 0.2) is 195 Å². The van der Waals surface area contributed by atoms with Crippen LogP contribution in [0, 0.1) is 0 Å².